The Kier molecular flexibility index (Phi) is 5.91. The molecule has 0 saturated heterocycles. The van der Waals surface area contributed by atoms with Gasteiger partial charge in [-0.15, -0.1) is 0 Å². The van der Waals surface area contributed by atoms with Crippen LogP contribution in [0.2, 0.25) is 0 Å². The number of rotatable bonds is 7. The predicted octanol–water partition coefficient (Wildman–Crippen LogP) is 3.17. The van der Waals surface area contributed by atoms with Gasteiger partial charge in [-0.05, 0) is 24.6 Å². The van der Waals surface area contributed by atoms with Crippen molar-refractivity contribution in [2.45, 2.75) is 19.4 Å². The minimum atomic E-state index is -1.01. The highest BCUT2D eigenvalue weighted by Crippen LogP contribution is 2.25. The Morgan fingerprint density at radius 2 is 1.96 bits per heavy atom. The first-order valence-electron chi connectivity index (χ1n) is 8.64. The second-order valence-corrected chi connectivity index (χ2v) is 6.08. The zero-order valence-electron chi connectivity index (χ0n) is 15.2. The van der Waals surface area contributed by atoms with Crippen molar-refractivity contribution >= 4 is 34.4 Å². The van der Waals surface area contributed by atoms with E-state index in [0.717, 1.165) is 11.6 Å². The van der Waals surface area contributed by atoms with Crippen LogP contribution in [0.4, 0.5) is 11.6 Å². The summed E-state index contributed by atoms with van der Waals surface area (Å²) in [4.78, 5) is 35.1. The van der Waals surface area contributed by atoms with Gasteiger partial charge in [-0.3, -0.25) is 9.59 Å². The maximum Gasteiger partial charge on any atom is 0.307 e. The summed E-state index contributed by atoms with van der Waals surface area (Å²) in [6.07, 6.45) is 5.22. The Morgan fingerprint density at radius 3 is 2.71 bits per heavy atom. The maximum atomic E-state index is 11.9. The number of anilines is 2. The van der Waals surface area contributed by atoms with Gasteiger partial charge in [0.2, 0.25) is 5.91 Å². The first kappa shape index (κ1) is 19.0. The molecule has 0 saturated carbocycles. The molecule has 1 atom stereocenters. The topological polar surface area (TPSA) is 117 Å². The Labute approximate surface area is 161 Å². The van der Waals surface area contributed by atoms with Crippen LogP contribution < -0.4 is 10.6 Å². The molecule has 0 bridgehead atoms. The molecule has 28 heavy (non-hydrogen) atoms. The largest absolute Gasteiger partial charge is 0.481 e. The summed E-state index contributed by atoms with van der Waals surface area (Å²) >= 11 is 0. The third-order valence-electron chi connectivity index (χ3n) is 3.99. The number of benzene rings is 1. The molecule has 1 aromatic carbocycles. The number of carbonyl (C=O) groups excluding carboxylic acids is 1. The van der Waals surface area contributed by atoms with Gasteiger partial charge in [0.25, 0.3) is 0 Å². The fraction of sp³-hybridized carbons (Fsp3) is 0.150. The first-order valence-corrected chi connectivity index (χ1v) is 8.64. The van der Waals surface area contributed by atoms with Crippen molar-refractivity contribution in [1.29, 1.82) is 0 Å². The van der Waals surface area contributed by atoms with Crippen LogP contribution in [0.5, 0.6) is 0 Å². The summed E-state index contributed by atoms with van der Waals surface area (Å²) in [5.74, 6) is -0.520. The van der Waals surface area contributed by atoms with Crippen LogP contribution in [0.15, 0.2) is 61.1 Å². The van der Waals surface area contributed by atoms with Gasteiger partial charge >= 0.3 is 5.97 Å². The molecule has 3 N–H and O–H groups in total. The highest BCUT2D eigenvalue weighted by molar-refractivity contribution is 6.00. The Hall–Kier alpha value is -3.81. The number of fused-ring (bicyclic) bond motifs is 1. The van der Waals surface area contributed by atoms with Gasteiger partial charge < -0.3 is 15.7 Å². The number of pyridine rings is 1. The van der Waals surface area contributed by atoms with E-state index in [0.29, 0.717) is 22.5 Å². The summed E-state index contributed by atoms with van der Waals surface area (Å²) in [6.45, 7) is 2.03. The van der Waals surface area contributed by atoms with Crippen molar-refractivity contribution in [3.05, 3.63) is 66.6 Å². The van der Waals surface area contributed by atoms with Gasteiger partial charge in [-0.1, -0.05) is 36.4 Å². The molecule has 0 radical (unpaired) electrons. The van der Waals surface area contributed by atoms with E-state index in [1.54, 1.807) is 12.3 Å². The summed E-state index contributed by atoms with van der Waals surface area (Å²) in [5.41, 5.74) is 1.75. The lowest BCUT2D eigenvalue weighted by Gasteiger charge is -2.16. The van der Waals surface area contributed by atoms with E-state index in [4.69, 9.17) is 5.11 Å². The molecule has 142 valence electrons. The number of aromatic nitrogens is 3. The van der Waals surface area contributed by atoms with Crippen molar-refractivity contribution in [1.82, 2.24) is 15.0 Å². The van der Waals surface area contributed by atoms with Crippen LogP contribution in [0.25, 0.3) is 10.9 Å². The standard InChI is InChI=1S/C20H19N5O3/c1-13(14-6-3-2-4-7-14)24-20-15-10-17(21-11-16(15)22-12-23-20)25-18(26)8-5-9-19(27)28/h2-8,10-13H,9H2,1H3,(H,27,28)(H,21,25,26)(H,22,23,24)/b8-5+. The molecule has 1 unspecified atom stereocenters. The lowest BCUT2D eigenvalue weighted by molar-refractivity contribution is -0.136. The van der Waals surface area contributed by atoms with Crippen molar-refractivity contribution < 1.29 is 14.7 Å². The van der Waals surface area contributed by atoms with Crippen LogP contribution in [-0.2, 0) is 9.59 Å². The normalized spacial score (nSPS) is 12.0. The van der Waals surface area contributed by atoms with Gasteiger partial charge in [0.05, 0.1) is 18.1 Å². The molecule has 8 heteroatoms. The lowest BCUT2D eigenvalue weighted by Crippen LogP contribution is -2.11. The molecule has 0 spiro atoms. The average molecular weight is 377 g/mol. The van der Waals surface area contributed by atoms with E-state index in [1.807, 2.05) is 37.3 Å². The SMILES string of the molecule is CC(Nc1ncnc2cnc(NC(=O)/C=C/CC(=O)O)cc12)c1ccccc1. The second-order valence-electron chi connectivity index (χ2n) is 6.08. The van der Waals surface area contributed by atoms with Crippen LogP contribution >= 0.6 is 0 Å². The van der Waals surface area contributed by atoms with E-state index in [1.165, 1.54) is 12.4 Å². The van der Waals surface area contributed by atoms with E-state index in [2.05, 4.69) is 25.6 Å². The zero-order valence-corrected chi connectivity index (χ0v) is 15.2. The number of aliphatic carboxylic acids is 1. The first-order chi connectivity index (χ1) is 13.5. The molecule has 2 heterocycles. The number of amides is 1. The Morgan fingerprint density at radius 1 is 1.18 bits per heavy atom. The van der Waals surface area contributed by atoms with Gasteiger partial charge in [0.15, 0.2) is 0 Å². The number of carbonyl (C=O) groups is 2. The smallest absolute Gasteiger partial charge is 0.307 e. The molecule has 2 aromatic heterocycles. The summed E-state index contributed by atoms with van der Waals surface area (Å²) < 4.78 is 0. The third kappa shape index (κ3) is 4.88. The number of hydrogen-bond acceptors (Lipinski definition) is 6. The van der Waals surface area contributed by atoms with Gasteiger partial charge in [-0.25, -0.2) is 15.0 Å². The average Bonchev–Trinajstić information content (AvgIpc) is 2.69. The highest BCUT2D eigenvalue weighted by Gasteiger charge is 2.11. The summed E-state index contributed by atoms with van der Waals surface area (Å²) in [7, 11) is 0. The number of carboxylic acids is 1. The van der Waals surface area contributed by atoms with Crippen LogP contribution in [0.1, 0.15) is 24.9 Å². The fourth-order valence-electron chi connectivity index (χ4n) is 2.61. The van der Waals surface area contributed by atoms with Crippen LogP contribution in [0.3, 0.4) is 0 Å². The number of nitrogens with one attached hydrogen (secondary N) is 2. The van der Waals surface area contributed by atoms with Crippen molar-refractivity contribution in [2.75, 3.05) is 10.6 Å². The highest BCUT2D eigenvalue weighted by atomic mass is 16.4. The Balaban J connectivity index is 1.80. The quantitative estimate of drug-likeness (QED) is 0.541. The number of carboxylic acid groups (broad SMARTS) is 1. The van der Waals surface area contributed by atoms with E-state index in [-0.39, 0.29) is 12.5 Å². The molecule has 3 rings (SSSR count). The molecule has 0 aliphatic rings. The van der Waals surface area contributed by atoms with E-state index < -0.39 is 11.9 Å². The third-order valence-corrected chi connectivity index (χ3v) is 3.99. The monoisotopic (exact) mass is 377 g/mol. The minimum Gasteiger partial charge on any atom is -0.481 e. The number of nitrogens with zero attached hydrogens (tertiary/aromatic N) is 3. The van der Waals surface area contributed by atoms with Crippen LogP contribution in [-0.4, -0.2) is 31.9 Å². The summed E-state index contributed by atoms with van der Waals surface area (Å²) in [5, 5.41) is 15.3. The molecule has 3 aromatic rings. The van der Waals surface area contributed by atoms with Crippen LogP contribution in [0, 0.1) is 0 Å². The van der Waals surface area contributed by atoms with Gasteiger partial charge in [0, 0.05) is 11.4 Å². The molecule has 8 nitrogen and oxygen atoms in total. The Bertz CT molecular complexity index is 1020. The molecule has 0 aliphatic carbocycles. The van der Waals surface area contributed by atoms with Gasteiger partial charge in [-0.2, -0.15) is 0 Å². The molecular weight excluding hydrogens is 358 g/mol. The molecule has 0 aliphatic heterocycles. The van der Waals surface area contributed by atoms with E-state index in [9.17, 15) is 9.59 Å². The molecular formula is C20H19N5O3. The number of hydrogen-bond donors (Lipinski definition) is 3. The fourth-order valence-corrected chi connectivity index (χ4v) is 2.61. The second kappa shape index (κ2) is 8.72. The van der Waals surface area contributed by atoms with Crippen molar-refractivity contribution in [2.24, 2.45) is 0 Å². The zero-order chi connectivity index (χ0) is 19.9. The lowest BCUT2D eigenvalue weighted by atomic mass is 10.1. The maximum absolute atomic E-state index is 11.9. The van der Waals surface area contributed by atoms with E-state index >= 15 is 0 Å². The van der Waals surface area contributed by atoms with Crippen molar-refractivity contribution in [3.63, 3.8) is 0 Å². The summed E-state index contributed by atoms with van der Waals surface area (Å²) in [6, 6.07) is 11.7. The predicted molar refractivity (Wildman–Crippen MR) is 106 cm³/mol. The van der Waals surface area contributed by atoms with Crippen molar-refractivity contribution in [3.8, 4) is 0 Å². The molecule has 0 fully saturated rings. The van der Waals surface area contributed by atoms with Gasteiger partial charge in [0.1, 0.15) is 18.0 Å². The minimum absolute atomic E-state index is 0.0180. The molecule has 1 amide bonds.